The number of carbonyl (C=O) groups is 1. The topological polar surface area (TPSA) is 107 Å². The first-order valence-electron chi connectivity index (χ1n) is 12.5. The molecule has 0 amide bonds. The molecule has 6 heteroatoms. The Kier molecular flexibility index (Phi) is 17.9. The SMILES string of the molecule is C/C(=C\CC(=O)OC[C@H](O)[C@@H](O)[C@H](O)CO)CCCC(C)CCCC(C)CCCC(C)C. The van der Waals surface area contributed by atoms with E-state index in [1.54, 1.807) is 0 Å². The second-order valence-corrected chi connectivity index (χ2v) is 10.1. The molecule has 0 aliphatic heterocycles. The van der Waals surface area contributed by atoms with Crippen molar-refractivity contribution in [3.8, 4) is 0 Å². The van der Waals surface area contributed by atoms with Gasteiger partial charge in [0.2, 0.25) is 0 Å². The van der Waals surface area contributed by atoms with E-state index in [0.29, 0.717) is 0 Å². The first kappa shape index (κ1) is 31.0. The van der Waals surface area contributed by atoms with Crippen LogP contribution in [0.15, 0.2) is 11.6 Å². The minimum Gasteiger partial charge on any atom is -0.463 e. The van der Waals surface area contributed by atoms with Gasteiger partial charge in [0.15, 0.2) is 0 Å². The van der Waals surface area contributed by atoms with E-state index in [0.717, 1.165) is 36.2 Å². The van der Waals surface area contributed by atoms with Crippen molar-refractivity contribution < 1.29 is 30.0 Å². The minimum absolute atomic E-state index is 0.113. The number of aliphatic hydroxyl groups excluding tert-OH is 4. The molecule has 2 unspecified atom stereocenters. The molecule has 0 bridgehead atoms. The van der Waals surface area contributed by atoms with Gasteiger partial charge >= 0.3 is 5.97 Å². The van der Waals surface area contributed by atoms with E-state index in [1.807, 2.05) is 13.0 Å². The predicted octanol–water partition coefficient (Wildman–Crippen LogP) is 4.38. The average molecular weight is 459 g/mol. The van der Waals surface area contributed by atoms with Gasteiger partial charge < -0.3 is 25.2 Å². The standard InChI is InChI=1S/C26H50O6/c1-19(2)9-6-10-20(3)11-7-12-21(4)13-8-14-22(5)15-16-25(30)32-18-24(29)26(31)23(28)17-27/h15,19-21,23-24,26-29,31H,6-14,16-18H2,1-5H3/b22-15+/t20?,21?,23-,24+,26+/m1/s1. The quantitative estimate of drug-likeness (QED) is 0.169. The van der Waals surface area contributed by atoms with Crippen LogP contribution in [0, 0.1) is 17.8 Å². The lowest BCUT2D eigenvalue weighted by molar-refractivity contribution is -0.151. The van der Waals surface area contributed by atoms with Gasteiger partial charge in [0.1, 0.15) is 24.9 Å². The summed E-state index contributed by atoms with van der Waals surface area (Å²) in [5, 5.41) is 37.2. The van der Waals surface area contributed by atoms with Crippen LogP contribution in [-0.4, -0.2) is 57.9 Å². The Labute approximate surface area is 196 Å². The van der Waals surface area contributed by atoms with E-state index in [4.69, 9.17) is 9.84 Å². The van der Waals surface area contributed by atoms with Crippen molar-refractivity contribution in [2.24, 2.45) is 17.8 Å². The number of esters is 1. The van der Waals surface area contributed by atoms with Gasteiger partial charge in [-0.05, 0) is 37.5 Å². The highest BCUT2D eigenvalue weighted by atomic mass is 16.5. The molecule has 190 valence electrons. The van der Waals surface area contributed by atoms with Crippen molar-refractivity contribution in [3.63, 3.8) is 0 Å². The van der Waals surface area contributed by atoms with E-state index in [9.17, 15) is 20.1 Å². The van der Waals surface area contributed by atoms with Gasteiger partial charge in [-0.15, -0.1) is 0 Å². The maximum absolute atomic E-state index is 11.8. The molecule has 6 nitrogen and oxygen atoms in total. The molecule has 5 atom stereocenters. The molecule has 0 saturated carbocycles. The van der Waals surface area contributed by atoms with Crippen LogP contribution < -0.4 is 0 Å². The third-order valence-corrected chi connectivity index (χ3v) is 6.15. The number of carbonyl (C=O) groups excluding carboxylic acids is 1. The second-order valence-electron chi connectivity index (χ2n) is 10.1. The zero-order valence-corrected chi connectivity index (χ0v) is 21.1. The summed E-state index contributed by atoms with van der Waals surface area (Å²) < 4.78 is 4.93. The third kappa shape index (κ3) is 16.7. The highest BCUT2D eigenvalue weighted by Gasteiger charge is 2.25. The highest BCUT2D eigenvalue weighted by Crippen LogP contribution is 2.22. The summed E-state index contributed by atoms with van der Waals surface area (Å²) in [6.07, 6.45) is 8.70. The molecule has 0 heterocycles. The van der Waals surface area contributed by atoms with Crippen LogP contribution in [0.2, 0.25) is 0 Å². The fourth-order valence-electron chi connectivity index (χ4n) is 3.77. The molecular formula is C26H50O6. The Bertz CT molecular complexity index is 505. The van der Waals surface area contributed by atoms with E-state index in [1.165, 1.54) is 44.9 Å². The summed E-state index contributed by atoms with van der Waals surface area (Å²) in [6.45, 7) is 10.2. The van der Waals surface area contributed by atoms with Crippen molar-refractivity contribution in [2.75, 3.05) is 13.2 Å². The van der Waals surface area contributed by atoms with Gasteiger partial charge in [0.05, 0.1) is 13.0 Å². The molecule has 0 aromatic rings. The molecule has 4 N–H and O–H groups in total. The first-order valence-corrected chi connectivity index (χ1v) is 12.5. The van der Waals surface area contributed by atoms with Crippen LogP contribution in [-0.2, 0) is 9.53 Å². The summed E-state index contributed by atoms with van der Waals surface area (Å²) in [4.78, 5) is 11.8. The minimum atomic E-state index is -1.56. The van der Waals surface area contributed by atoms with Crippen LogP contribution in [0.1, 0.15) is 98.8 Å². The molecule has 0 radical (unpaired) electrons. The molecule has 0 aliphatic rings. The van der Waals surface area contributed by atoms with Gasteiger partial charge in [0.25, 0.3) is 0 Å². The smallest absolute Gasteiger partial charge is 0.309 e. The molecule has 0 saturated heterocycles. The molecule has 0 fully saturated rings. The Hall–Kier alpha value is -0.950. The fourth-order valence-corrected chi connectivity index (χ4v) is 3.77. The summed E-state index contributed by atoms with van der Waals surface area (Å²) >= 11 is 0. The van der Waals surface area contributed by atoms with E-state index >= 15 is 0 Å². The van der Waals surface area contributed by atoms with Gasteiger partial charge in [-0.3, -0.25) is 4.79 Å². The lowest BCUT2D eigenvalue weighted by atomic mass is 9.91. The van der Waals surface area contributed by atoms with Crippen molar-refractivity contribution in [1.82, 2.24) is 0 Å². The lowest BCUT2D eigenvalue weighted by Gasteiger charge is -2.21. The summed E-state index contributed by atoms with van der Waals surface area (Å²) in [6, 6.07) is 0. The van der Waals surface area contributed by atoms with Gasteiger partial charge in [0, 0.05) is 0 Å². The molecule has 32 heavy (non-hydrogen) atoms. The van der Waals surface area contributed by atoms with Gasteiger partial charge in [-0.1, -0.05) is 84.3 Å². The number of ether oxygens (including phenoxy) is 1. The molecule has 0 aliphatic carbocycles. The fraction of sp³-hybridized carbons (Fsp3) is 0.885. The molecule has 0 aromatic heterocycles. The van der Waals surface area contributed by atoms with Crippen molar-refractivity contribution >= 4 is 5.97 Å². The Morgan fingerprint density at radius 1 is 0.844 bits per heavy atom. The average Bonchev–Trinajstić information content (AvgIpc) is 2.74. The van der Waals surface area contributed by atoms with Crippen molar-refractivity contribution in [2.45, 2.75) is 117 Å². The number of aliphatic hydroxyl groups is 4. The normalized spacial score (nSPS) is 17.1. The number of allylic oxidation sites excluding steroid dienone is 1. The first-order chi connectivity index (χ1) is 15.1. The number of rotatable bonds is 19. The predicted molar refractivity (Wildman–Crippen MR) is 129 cm³/mol. The van der Waals surface area contributed by atoms with Crippen LogP contribution >= 0.6 is 0 Å². The molecule has 0 aromatic carbocycles. The van der Waals surface area contributed by atoms with Crippen LogP contribution in [0.5, 0.6) is 0 Å². The molecule has 0 spiro atoms. The van der Waals surface area contributed by atoms with E-state index < -0.39 is 37.5 Å². The summed E-state index contributed by atoms with van der Waals surface area (Å²) in [7, 11) is 0. The van der Waals surface area contributed by atoms with Gasteiger partial charge in [-0.2, -0.15) is 0 Å². The monoisotopic (exact) mass is 458 g/mol. The highest BCUT2D eigenvalue weighted by molar-refractivity contribution is 5.71. The Balaban J connectivity index is 3.91. The molecular weight excluding hydrogens is 408 g/mol. The van der Waals surface area contributed by atoms with Crippen LogP contribution in [0.4, 0.5) is 0 Å². The van der Waals surface area contributed by atoms with Crippen molar-refractivity contribution in [1.29, 1.82) is 0 Å². The zero-order valence-electron chi connectivity index (χ0n) is 21.1. The number of hydrogen-bond acceptors (Lipinski definition) is 6. The van der Waals surface area contributed by atoms with Crippen molar-refractivity contribution in [3.05, 3.63) is 11.6 Å². The van der Waals surface area contributed by atoms with Crippen LogP contribution in [0.25, 0.3) is 0 Å². The van der Waals surface area contributed by atoms with E-state index in [2.05, 4.69) is 27.7 Å². The molecule has 0 rings (SSSR count). The maximum Gasteiger partial charge on any atom is 0.309 e. The third-order valence-electron chi connectivity index (χ3n) is 6.15. The largest absolute Gasteiger partial charge is 0.463 e. The Morgan fingerprint density at radius 3 is 1.91 bits per heavy atom. The maximum atomic E-state index is 11.8. The zero-order chi connectivity index (χ0) is 24.5. The van der Waals surface area contributed by atoms with Gasteiger partial charge in [-0.25, -0.2) is 0 Å². The Morgan fingerprint density at radius 2 is 1.38 bits per heavy atom. The lowest BCUT2D eigenvalue weighted by Crippen LogP contribution is -2.42. The van der Waals surface area contributed by atoms with Crippen LogP contribution in [0.3, 0.4) is 0 Å². The summed E-state index contributed by atoms with van der Waals surface area (Å²) in [5.74, 6) is 1.86. The summed E-state index contributed by atoms with van der Waals surface area (Å²) in [5.41, 5.74) is 1.14. The van der Waals surface area contributed by atoms with E-state index in [-0.39, 0.29) is 6.42 Å². The number of hydrogen-bond donors (Lipinski definition) is 4. The second kappa shape index (κ2) is 18.5.